The van der Waals surface area contributed by atoms with Gasteiger partial charge in [-0.3, -0.25) is 14.3 Å². The Hall–Kier alpha value is -2.63. The molecular formula is C16H19N3O3. The van der Waals surface area contributed by atoms with Gasteiger partial charge in [0.05, 0.1) is 18.2 Å². The van der Waals surface area contributed by atoms with Crippen LogP contribution in [0.5, 0.6) is 0 Å². The van der Waals surface area contributed by atoms with Gasteiger partial charge in [-0.05, 0) is 38.5 Å². The molecule has 6 nitrogen and oxygen atoms in total. The van der Waals surface area contributed by atoms with Crippen LogP contribution in [0.2, 0.25) is 0 Å². The van der Waals surface area contributed by atoms with Crippen molar-refractivity contribution in [3.8, 4) is 0 Å². The number of carbonyl (C=O) groups is 2. The van der Waals surface area contributed by atoms with E-state index in [0.29, 0.717) is 16.8 Å². The summed E-state index contributed by atoms with van der Waals surface area (Å²) >= 11 is 0. The van der Waals surface area contributed by atoms with E-state index < -0.39 is 5.97 Å². The molecule has 0 spiro atoms. The fraction of sp³-hybridized carbons (Fsp3) is 0.312. The van der Waals surface area contributed by atoms with E-state index in [-0.39, 0.29) is 18.4 Å². The molecule has 0 aliphatic carbocycles. The third kappa shape index (κ3) is 3.52. The first kappa shape index (κ1) is 15.8. The quantitative estimate of drug-likeness (QED) is 0.889. The molecule has 1 amide bonds. The summed E-state index contributed by atoms with van der Waals surface area (Å²) in [6.07, 6.45) is 1.47. The zero-order chi connectivity index (χ0) is 16.3. The number of carbonyl (C=O) groups excluding carboxylic acids is 1. The summed E-state index contributed by atoms with van der Waals surface area (Å²) in [6, 6.07) is 7.00. The highest BCUT2D eigenvalue weighted by Gasteiger charge is 2.15. The van der Waals surface area contributed by atoms with E-state index in [1.807, 2.05) is 20.8 Å². The van der Waals surface area contributed by atoms with Gasteiger partial charge in [-0.2, -0.15) is 5.10 Å². The summed E-state index contributed by atoms with van der Waals surface area (Å²) in [7, 11) is 0. The Morgan fingerprint density at radius 1 is 1.36 bits per heavy atom. The van der Waals surface area contributed by atoms with Gasteiger partial charge in [-0.15, -0.1) is 0 Å². The number of carboxylic acid groups (broad SMARTS) is 1. The van der Waals surface area contributed by atoms with Crippen LogP contribution in [0.25, 0.3) is 0 Å². The van der Waals surface area contributed by atoms with Gasteiger partial charge in [-0.1, -0.05) is 12.1 Å². The Morgan fingerprint density at radius 3 is 2.68 bits per heavy atom. The molecule has 0 aliphatic heterocycles. The van der Waals surface area contributed by atoms with Gasteiger partial charge < -0.3 is 10.4 Å². The molecular weight excluding hydrogens is 282 g/mol. The van der Waals surface area contributed by atoms with E-state index in [2.05, 4.69) is 10.4 Å². The van der Waals surface area contributed by atoms with E-state index in [9.17, 15) is 9.59 Å². The minimum atomic E-state index is -0.905. The van der Waals surface area contributed by atoms with Crippen LogP contribution in [0.1, 0.15) is 41.5 Å². The summed E-state index contributed by atoms with van der Waals surface area (Å²) in [5.41, 5.74) is 2.52. The summed E-state index contributed by atoms with van der Waals surface area (Å²) < 4.78 is 1.79. The van der Waals surface area contributed by atoms with Gasteiger partial charge in [0.1, 0.15) is 0 Å². The van der Waals surface area contributed by atoms with Crippen LogP contribution in [-0.4, -0.2) is 26.8 Å². The van der Waals surface area contributed by atoms with Crippen molar-refractivity contribution in [2.45, 2.75) is 33.2 Å². The Balaban J connectivity index is 2.17. The molecule has 1 heterocycles. The maximum atomic E-state index is 12.3. The van der Waals surface area contributed by atoms with E-state index in [1.165, 1.54) is 0 Å². The Morgan fingerprint density at radius 2 is 2.09 bits per heavy atom. The van der Waals surface area contributed by atoms with Gasteiger partial charge in [-0.25, -0.2) is 0 Å². The molecule has 116 valence electrons. The van der Waals surface area contributed by atoms with Gasteiger partial charge >= 0.3 is 5.97 Å². The number of nitrogens with one attached hydrogen (secondary N) is 1. The van der Waals surface area contributed by atoms with Crippen LogP contribution in [-0.2, 0) is 11.2 Å². The minimum Gasteiger partial charge on any atom is -0.481 e. The topological polar surface area (TPSA) is 84.2 Å². The van der Waals surface area contributed by atoms with Crippen molar-refractivity contribution in [1.29, 1.82) is 0 Å². The lowest BCUT2D eigenvalue weighted by Gasteiger charge is -2.09. The smallest absolute Gasteiger partial charge is 0.307 e. The van der Waals surface area contributed by atoms with Gasteiger partial charge in [0.2, 0.25) is 0 Å². The molecule has 2 rings (SSSR count). The number of carboxylic acids is 1. The summed E-state index contributed by atoms with van der Waals surface area (Å²) in [5.74, 6) is -1.16. The van der Waals surface area contributed by atoms with Crippen molar-refractivity contribution in [2.75, 3.05) is 5.32 Å². The summed E-state index contributed by atoms with van der Waals surface area (Å²) in [5, 5.41) is 15.8. The first-order valence-electron chi connectivity index (χ1n) is 7.04. The normalized spacial score (nSPS) is 10.7. The predicted octanol–water partition coefficient (Wildman–Crippen LogP) is 2.65. The summed E-state index contributed by atoms with van der Waals surface area (Å²) in [4.78, 5) is 23.1. The third-order valence-corrected chi connectivity index (χ3v) is 3.32. The van der Waals surface area contributed by atoms with Crippen molar-refractivity contribution in [1.82, 2.24) is 9.78 Å². The highest BCUT2D eigenvalue weighted by molar-refractivity contribution is 6.04. The van der Waals surface area contributed by atoms with Crippen LogP contribution in [0.3, 0.4) is 0 Å². The first-order valence-corrected chi connectivity index (χ1v) is 7.04. The average Bonchev–Trinajstić information content (AvgIpc) is 2.80. The molecule has 0 unspecified atom stereocenters. The first-order chi connectivity index (χ1) is 10.4. The number of nitrogens with zero attached hydrogens (tertiary/aromatic N) is 2. The molecule has 0 aliphatic rings. The standard InChI is InChI=1S/C16H19N3O3/c1-10(2)19-11(3)14(9-17-19)16(22)18-13-6-4-5-12(7-13)8-15(20)21/h4-7,9-10H,8H2,1-3H3,(H,18,22)(H,20,21). The fourth-order valence-corrected chi connectivity index (χ4v) is 2.30. The maximum absolute atomic E-state index is 12.3. The Bertz CT molecular complexity index is 704. The van der Waals surface area contributed by atoms with E-state index >= 15 is 0 Å². The highest BCUT2D eigenvalue weighted by atomic mass is 16.4. The second-order valence-electron chi connectivity index (χ2n) is 5.41. The maximum Gasteiger partial charge on any atom is 0.307 e. The molecule has 0 radical (unpaired) electrons. The van der Waals surface area contributed by atoms with Crippen LogP contribution >= 0.6 is 0 Å². The van der Waals surface area contributed by atoms with Crippen molar-refractivity contribution >= 4 is 17.6 Å². The second-order valence-corrected chi connectivity index (χ2v) is 5.41. The molecule has 0 saturated heterocycles. The van der Waals surface area contributed by atoms with Crippen molar-refractivity contribution in [3.63, 3.8) is 0 Å². The van der Waals surface area contributed by atoms with Gasteiger partial charge in [0.25, 0.3) is 5.91 Å². The molecule has 0 fully saturated rings. The number of hydrogen-bond donors (Lipinski definition) is 2. The molecule has 1 aromatic carbocycles. The van der Waals surface area contributed by atoms with Crippen LogP contribution in [0.4, 0.5) is 5.69 Å². The number of aromatic nitrogens is 2. The molecule has 2 aromatic rings. The average molecular weight is 301 g/mol. The largest absolute Gasteiger partial charge is 0.481 e. The lowest BCUT2D eigenvalue weighted by atomic mass is 10.1. The molecule has 2 N–H and O–H groups in total. The second kappa shape index (κ2) is 6.43. The Labute approximate surface area is 128 Å². The van der Waals surface area contributed by atoms with Gasteiger partial charge in [0.15, 0.2) is 0 Å². The monoisotopic (exact) mass is 301 g/mol. The molecule has 0 saturated carbocycles. The van der Waals surface area contributed by atoms with Crippen LogP contribution in [0, 0.1) is 6.92 Å². The number of anilines is 1. The lowest BCUT2D eigenvalue weighted by molar-refractivity contribution is -0.136. The third-order valence-electron chi connectivity index (χ3n) is 3.32. The molecule has 6 heteroatoms. The number of hydrogen-bond acceptors (Lipinski definition) is 3. The lowest BCUT2D eigenvalue weighted by Crippen LogP contribution is -2.14. The zero-order valence-electron chi connectivity index (χ0n) is 12.8. The van der Waals surface area contributed by atoms with Crippen LogP contribution < -0.4 is 5.32 Å². The summed E-state index contributed by atoms with van der Waals surface area (Å²) in [6.45, 7) is 5.84. The Kier molecular flexibility index (Phi) is 4.60. The van der Waals surface area contributed by atoms with Crippen molar-refractivity contribution in [3.05, 3.63) is 47.3 Å². The predicted molar refractivity (Wildman–Crippen MR) is 83.1 cm³/mol. The van der Waals surface area contributed by atoms with Gasteiger partial charge in [0, 0.05) is 17.4 Å². The van der Waals surface area contributed by atoms with Crippen molar-refractivity contribution < 1.29 is 14.7 Å². The van der Waals surface area contributed by atoms with E-state index in [1.54, 1.807) is 35.1 Å². The minimum absolute atomic E-state index is 0.0754. The van der Waals surface area contributed by atoms with Crippen LogP contribution in [0.15, 0.2) is 30.5 Å². The van der Waals surface area contributed by atoms with Crippen molar-refractivity contribution in [2.24, 2.45) is 0 Å². The van der Waals surface area contributed by atoms with E-state index in [0.717, 1.165) is 5.69 Å². The van der Waals surface area contributed by atoms with E-state index in [4.69, 9.17) is 5.11 Å². The molecule has 22 heavy (non-hydrogen) atoms. The number of rotatable bonds is 5. The molecule has 0 bridgehead atoms. The molecule has 1 aromatic heterocycles. The fourth-order valence-electron chi connectivity index (χ4n) is 2.30. The number of aliphatic carboxylic acids is 1. The zero-order valence-corrected chi connectivity index (χ0v) is 12.8. The number of benzene rings is 1. The SMILES string of the molecule is Cc1c(C(=O)Nc2cccc(CC(=O)O)c2)cnn1C(C)C. The highest BCUT2D eigenvalue weighted by Crippen LogP contribution is 2.16. The molecule has 0 atom stereocenters. The number of amides is 1.